The van der Waals surface area contributed by atoms with Crippen LogP contribution in [-0.4, -0.2) is 108 Å². The lowest BCUT2D eigenvalue weighted by atomic mass is 9.98. The van der Waals surface area contributed by atoms with E-state index in [2.05, 4.69) is 95.7 Å². The van der Waals surface area contributed by atoms with E-state index in [-0.39, 0.29) is 35.9 Å². The fourth-order valence-electron chi connectivity index (χ4n) is 9.36. The maximum Gasteiger partial charge on any atom is 0.407 e. The molecule has 3 unspecified atom stereocenters. The highest BCUT2D eigenvalue weighted by molar-refractivity contribution is 5.91. The average molecular weight is 909 g/mol. The monoisotopic (exact) mass is 908 g/mol. The first-order valence-electron chi connectivity index (χ1n) is 23.1. The SMILES string of the molecule is C1CCOCC1.COC.COC(=O)NCC(=O)N1CCCC1c1ncc(-c2ccc3cc(-c4ccc(-c5cnc(C6CC7(CC7)CN6C(=O)C(NC=O)c6ccccc6)[nH]5)cc4)ccc3c2)[nH]1. The van der Waals surface area contributed by atoms with Crippen LogP contribution in [0.5, 0.6) is 0 Å². The number of ether oxygens (including phenoxy) is 3. The average Bonchev–Trinajstić information content (AvgIpc) is 3.91. The zero-order valence-corrected chi connectivity index (χ0v) is 38.5. The van der Waals surface area contributed by atoms with Crippen LogP contribution in [0.25, 0.3) is 44.4 Å². The minimum atomic E-state index is -0.753. The van der Waals surface area contributed by atoms with E-state index in [1.54, 1.807) is 19.1 Å². The van der Waals surface area contributed by atoms with Gasteiger partial charge in [-0.3, -0.25) is 14.4 Å². The number of aromatic amines is 2. The van der Waals surface area contributed by atoms with Gasteiger partial charge >= 0.3 is 6.09 Å². The molecule has 4 amide bonds. The Bertz CT molecular complexity index is 2610. The van der Waals surface area contributed by atoms with Crippen molar-refractivity contribution < 1.29 is 33.4 Å². The van der Waals surface area contributed by atoms with Crippen molar-refractivity contribution in [2.75, 3.05) is 54.2 Å². The maximum absolute atomic E-state index is 14.0. The van der Waals surface area contributed by atoms with Crippen LogP contribution in [0.15, 0.2) is 103 Å². The normalized spacial score (nSPS) is 18.6. The maximum atomic E-state index is 14.0. The molecular weight excluding hydrogens is 849 g/mol. The number of hydrogen-bond acceptors (Lipinski definition) is 9. The molecular formula is C52H60N8O7. The Kier molecular flexibility index (Phi) is 15.1. The van der Waals surface area contributed by atoms with Gasteiger partial charge in [-0.15, -0.1) is 0 Å². The van der Waals surface area contributed by atoms with Crippen molar-refractivity contribution in [1.82, 2.24) is 40.4 Å². The summed E-state index contributed by atoms with van der Waals surface area (Å²) in [4.78, 5) is 70.0. The number of alkyl carbamates (subject to hydrolysis) is 1. The summed E-state index contributed by atoms with van der Waals surface area (Å²) in [5.74, 6) is 1.20. The zero-order chi connectivity index (χ0) is 46.8. The second-order valence-corrected chi connectivity index (χ2v) is 17.7. The van der Waals surface area contributed by atoms with Gasteiger partial charge in [0, 0.05) is 46.1 Å². The van der Waals surface area contributed by atoms with Gasteiger partial charge in [-0.05, 0) is 102 Å². The first-order valence-corrected chi connectivity index (χ1v) is 23.1. The third kappa shape index (κ3) is 11.1. The molecule has 4 aromatic carbocycles. The van der Waals surface area contributed by atoms with E-state index in [9.17, 15) is 19.2 Å². The molecule has 67 heavy (non-hydrogen) atoms. The lowest BCUT2D eigenvalue weighted by molar-refractivity contribution is -0.136. The topological polar surface area (TPSA) is 184 Å². The number of nitrogens with one attached hydrogen (secondary N) is 4. The molecule has 1 aliphatic carbocycles. The number of benzene rings is 4. The first kappa shape index (κ1) is 46.7. The van der Waals surface area contributed by atoms with Gasteiger partial charge in [-0.2, -0.15) is 0 Å². The number of likely N-dealkylation sites (tertiary alicyclic amines) is 2. The number of fused-ring (bicyclic) bond motifs is 1. The molecule has 4 aliphatic rings. The van der Waals surface area contributed by atoms with E-state index in [1.807, 2.05) is 47.6 Å². The van der Waals surface area contributed by atoms with Crippen LogP contribution in [0.1, 0.15) is 86.7 Å². The third-order valence-corrected chi connectivity index (χ3v) is 13.1. The van der Waals surface area contributed by atoms with E-state index in [0.717, 1.165) is 107 Å². The molecule has 0 bridgehead atoms. The fourth-order valence-corrected chi connectivity index (χ4v) is 9.36. The number of hydrogen-bond donors (Lipinski definition) is 4. The van der Waals surface area contributed by atoms with Crippen molar-refractivity contribution in [1.29, 1.82) is 0 Å². The first-order chi connectivity index (χ1) is 32.7. The van der Waals surface area contributed by atoms with Gasteiger partial charge < -0.3 is 44.6 Å². The molecule has 3 atom stereocenters. The van der Waals surface area contributed by atoms with Crippen LogP contribution >= 0.6 is 0 Å². The summed E-state index contributed by atoms with van der Waals surface area (Å²) in [6.45, 7) is 3.14. The van der Waals surface area contributed by atoms with E-state index in [0.29, 0.717) is 19.5 Å². The smallest absolute Gasteiger partial charge is 0.407 e. The highest BCUT2D eigenvalue weighted by Gasteiger charge is 2.55. The largest absolute Gasteiger partial charge is 0.453 e. The molecule has 0 radical (unpaired) electrons. The van der Waals surface area contributed by atoms with Crippen molar-refractivity contribution >= 4 is 35.1 Å². The van der Waals surface area contributed by atoms with E-state index >= 15 is 0 Å². The second-order valence-electron chi connectivity index (χ2n) is 17.7. The standard InChI is InChI=1S/C45H44N8O5.C5H10O.C2H6O/c1-58-44(57)48-25-39(55)52-19-5-8-37(52)41-46-24-36(51-41)34-16-15-32-20-31(13-14-33(32)21-34)28-9-11-29(12-10-28)35-23-47-42(50-35)38-22-45(17-18-45)26-53(38)43(56)40(49-27-54)30-6-3-2-4-7-30;1-2-4-6-5-3-1;1-3-2/h2-4,6-7,9-16,20-21,23-24,27,37-38,40H,5,8,17-19,22,25-26H2,1H3,(H,46,51)(H,47,50)(H,48,57)(H,49,54);1-5H2;1-2H3. The number of amides is 4. The van der Waals surface area contributed by atoms with Gasteiger partial charge in [0.25, 0.3) is 0 Å². The summed E-state index contributed by atoms with van der Waals surface area (Å²) in [7, 11) is 4.52. The molecule has 4 fully saturated rings. The minimum absolute atomic E-state index is 0.120. The molecule has 2 aromatic heterocycles. The summed E-state index contributed by atoms with van der Waals surface area (Å²) >= 11 is 0. The Balaban J connectivity index is 0.000000614. The lowest BCUT2D eigenvalue weighted by Gasteiger charge is -2.28. The third-order valence-electron chi connectivity index (χ3n) is 13.1. The Labute approximate surface area is 391 Å². The van der Waals surface area contributed by atoms with Gasteiger partial charge in [-0.1, -0.05) is 78.9 Å². The number of nitrogens with zero attached hydrogens (tertiary/aromatic N) is 4. The summed E-state index contributed by atoms with van der Waals surface area (Å²) in [5.41, 5.74) is 6.81. The highest BCUT2D eigenvalue weighted by atomic mass is 16.5. The summed E-state index contributed by atoms with van der Waals surface area (Å²) in [5, 5.41) is 7.43. The number of imidazole rings is 2. The van der Waals surface area contributed by atoms with Crippen molar-refractivity contribution in [2.45, 2.75) is 69.5 Å². The van der Waals surface area contributed by atoms with E-state index in [4.69, 9.17) is 9.72 Å². The van der Waals surface area contributed by atoms with Crippen LogP contribution in [-0.2, 0) is 28.6 Å². The Morgan fingerprint density at radius 3 is 2.00 bits per heavy atom. The van der Waals surface area contributed by atoms with Crippen LogP contribution < -0.4 is 10.6 Å². The number of rotatable bonds is 11. The molecule has 350 valence electrons. The van der Waals surface area contributed by atoms with Gasteiger partial charge in [0.05, 0.1) is 43.0 Å². The van der Waals surface area contributed by atoms with E-state index < -0.39 is 12.1 Å². The summed E-state index contributed by atoms with van der Waals surface area (Å²) in [6.07, 6.45) is 12.2. The summed E-state index contributed by atoms with van der Waals surface area (Å²) in [6, 6.07) is 29.4. The molecule has 5 heterocycles. The molecule has 1 spiro atoms. The molecule has 6 aromatic rings. The molecule has 10 rings (SSSR count). The Morgan fingerprint density at radius 2 is 1.39 bits per heavy atom. The van der Waals surface area contributed by atoms with Crippen LogP contribution in [0, 0.1) is 5.41 Å². The quantitative estimate of drug-likeness (QED) is 0.0930. The van der Waals surface area contributed by atoms with E-state index in [1.165, 1.54) is 26.4 Å². The number of aromatic nitrogens is 4. The van der Waals surface area contributed by atoms with Crippen molar-refractivity contribution in [3.05, 3.63) is 121 Å². The Morgan fingerprint density at radius 1 is 0.776 bits per heavy atom. The lowest BCUT2D eigenvalue weighted by Crippen LogP contribution is -2.41. The van der Waals surface area contributed by atoms with Gasteiger partial charge in [0.2, 0.25) is 18.2 Å². The highest BCUT2D eigenvalue weighted by Crippen LogP contribution is 2.58. The predicted molar refractivity (Wildman–Crippen MR) is 255 cm³/mol. The minimum Gasteiger partial charge on any atom is -0.453 e. The van der Waals surface area contributed by atoms with Crippen LogP contribution in [0.2, 0.25) is 0 Å². The number of carbonyl (C=O) groups is 4. The van der Waals surface area contributed by atoms with Gasteiger partial charge in [0.15, 0.2) is 0 Å². The molecule has 15 heteroatoms. The van der Waals surface area contributed by atoms with Crippen LogP contribution in [0.3, 0.4) is 0 Å². The molecule has 3 saturated heterocycles. The molecule has 4 N–H and O–H groups in total. The number of methoxy groups -OCH3 is 2. The van der Waals surface area contributed by atoms with Crippen molar-refractivity contribution in [3.8, 4) is 33.6 Å². The number of H-pyrrole nitrogens is 2. The number of carbonyl (C=O) groups excluding carboxylic acids is 4. The predicted octanol–water partition coefficient (Wildman–Crippen LogP) is 8.30. The summed E-state index contributed by atoms with van der Waals surface area (Å²) < 4.78 is 13.9. The molecule has 15 nitrogen and oxygen atoms in total. The molecule has 3 aliphatic heterocycles. The van der Waals surface area contributed by atoms with Crippen molar-refractivity contribution in [3.63, 3.8) is 0 Å². The molecule has 1 saturated carbocycles. The van der Waals surface area contributed by atoms with Gasteiger partial charge in [-0.25, -0.2) is 14.8 Å². The Hall–Kier alpha value is -6.84. The fraction of sp³-hybridized carbons (Fsp3) is 0.385. The van der Waals surface area contributed by atoms with Crippen molar-refractivity contribution in [2.24, 2.45) is 5.41 Å². The zero-order valence-electron chi connectivity index (χ0n) is 38.5. The van der Waals surface area contributed by atoms with Crippen LogP contribution in [0.4, 0.5) is 4.79 Å². The van der Waals surface area contributed by atoms with Gasteiger partial charge in [0.1, 0.15) is 24.2 Å². The second kappa shape index (κ2) is 21.6.